The van der Waals surface area contributed by atoms with Gasteiger partial charge in [0.1, 0.15) is 11.6 Å². The van der Waals surface area contributed by atoms with Crippen LogP contribution in [0.5, 0.6) is 0 Å². The summed E-state index contributed by atoms with van der Waals surface area (Å²) in [7, 11) is 1.11. The lowest BCUT2D eigenvalue weighted by atomic mass is 10.1. The molecule has 1 aromatic rings. The Labute approximate surface area is 146 Å². The van der Waals surface area contributed by atoms with Gasteiger partial charge in [0, 0.05) is 17.7 Å². The molecule has 0 aromatic heterocycles. The summed E-state index contributed by atoms with van der Waals surface area (Å²) >= 11 is 0.714. The number of carbonyl (C=O) groups excluding carboxylic acids is 2. The molecule has 0 bridgehead atoms. The Balaban J connectivity index is 2.21. The summed E-state index contributed by atoms with van der Waals surface area (Å²) in [6, 6.07) is 0.331. The van der Waals surface area contributed by atoms with Crippen molar-refractivity contribution in [2.75, 3.05) is 7.11 Å². The van der Waals surface area contributed by atoms with Crippen LogP contribution >= 0.6 is 11.8 Å². The number of esters is 1. The van der Waals surface area contributed by atoms with Crippen molar-refractivity contribution >= 4 is 35.0 Å². The number of nitrogens with zero attached hydrogens (tertiary/aromatic N) is 2. The van der Waals surface area contributed by atoms with E-state index in [2.05, 4.69) is 20.3 Å². The van der Waals surface area contributed by atoms with E-state index < -0.39 is 40.8 Å². The molecule has 0 radical (unpaired) electrons. The minimum atomic E-state index is -5.00. The van der Waals surface area contributed by atoms with Gasteiger partial charge in [-0.05, 0) is 17.8 Å². The van der Waals surface area contributed by atoms with Gasteiger partial charge in [0.05, 0.1) is 23.8 Å². The van der Waals surface area contributed by atoms with E-state index in [0.29, 0.717) is 18.0 Å². The number of rotatable bonds is 3. The summed E-state index contributed by atoms with van der Waals surface area (Å²) in [5.41, 5.74) is -2.30. The van der Waals surface area contributed by atoms with Gasteiger partial charge in [0.2, 0.25) is 0 Å². The fourth-order valence-corrected chi connectivity index (χ4v) is 2.41. The zero-order valence-corrected chi connectivity index (χ0v) is 13.5. The molecule has 2 rings (SSSR count). The predicted molar refractivity (Wildman–Crippen MR) is 82.2 cm³/mol. The molecule has 1 saturated heterocycles. The number of ether oxygens (including phenoxy) is 1. The molecule has 1 N–H and O–H groups in total. The predicted octanol–water partition coefficient (Wildman–Crippen LogP) is 2.59. The van der Waals surface area contributed by atoms with Gasteiger partial charge in [-0.25, -0.2) is 13.6 Å². The number of carbonyl (C=O) groups is 2. The van der Waals surface area contributed by atoms with Crippen LogP contribution in [0.2, 0.25) is 0 Å². The highest BCUT2D eigenvalue weighted by molar-refractivity contribution is 8.18. The summed E-state index contributed by atoms with van der Waals surface area (Å²) < 4.78 is 68.9. The fourth-order valence-electron chi connectivity index (χ4n) is 1.67. The maximum absolute atomic E-state index is 13.5. The number of hydrogen-bond acceptors (Lipinski definition) is 6. The molecule has 0 saturated carbocycles. The molecule has 1 heterocycles. The largest absolute Gasteiger partial charge is 0.466 e. The van der Waals surface area contributed by atoms with Crippen molar-refractivity contribution in [1.29, 1.82) is 0 Å². The van der Waals surface area contributed by atoms with Crippen LogP contribution in [-0.2, 0) is 20.5 Å². The average molecular weight is 393 g/mol. The lowest BCUT2D eigenvalue weighted by Gasteiger charge is -2.08. The molecule has 0 spiro atoms. The first kappa shape index (κ1) is 19.6. The van der Waals surface area contributed by atoms with Crippen LogP contribution in [0.4, 0.5) is 22.0 Å². The van der Waals surface area contributed by atoms with Gasteiger partial charge < -0.3 is 4.74 Å². The van der Waals surface area contributed by atoms with E-state index >= 15 is 0 Å². The number of alkyl halides is 3. The third-order valence-corrected chi connectivity index (χ3v) is 3.74. The lowest BCUT2D eigenvalue weighted by molar-refractivity contribution is -0.140. The summed E-state index contributed by atoms with van der Waals surface area (Å²) in [5.74, 6) is -4.47. The first-order valence-electron chi connectivity index (χ1n) is 6.58. The Bertz CT molecular complexity index is 849. The number of thioether (sulfide) groups is 1. The van der Waals surface area contributed by atoms with Crippen LogP contribution in [0.25, 0.3) is 0 Å². The summed E-state index contributed by atoms with van der Waals surface area (Å²) in [5, 5.41) is 8.98. The van der Waals surface area contributed by atoms with E-state index in [1.165, 1.54) is 0 Å². The smallest absolute Gasteiger partial charge is 0.419 e. The molecular weight excluding hydrogens is 385 g/mol. The number of hydrogen-bond donors (Lipinski definition) is 1. The van der Waals surface area contributed by atoms with Crippen molar-refractivity contribution in [2.24, 2.45) is 10.2 Å². The van der Waals surface area contributed by atoms with E-state index in [1.807, 2.05) is 0 Å². The van der Waals surface area contributed by atoms with Gasteiger partial charge in [-0.3, -0.25) is 10.1 Å². The van der Waals surface area contributed by atoms with Crippen molar-refractivity contribution in [3.05, 3.63) is 45.9 Å². The molecule has 1 amide bonds. The van der Waals surface area contributed by atoms with Gasteiger partial charge in [0.15, 0.2) is 5.17 Å². The van der Waals surface area contributed by atoms with Crippen LogP contribution < -0.4 is 5.32 Å². The maximum atomic E-state index is 13.5. The molecule has 12 heteroatoms. The highest BCUT2D eigenvalue weighted by Gasteiger charge is 2.35. The van der Waals surface area contributed by atoms with Crippen LogP contribution in [0.15, 0.2) is 33.3 Å². The van der Waals surface area contributed by atoms with Gasteiger partial charge in [-0.1, -0.05) is 0 Å². The zero-order chi connectivity index (χ0) is 19.5. The van der Waals surface area contributed by atoms with E-state index in [1.54, 1.807) is 0 Å². The van der Waals surface area contributed by atoms with Crippen LogP contribution in [0, 0.1) is 11.6 Å². The topological polar surface area (TPSA) is 80.1 Å². The molecule has 138 valence electrons. The standard InChI is InChI=1S/C14H8F5N3O3S/c1-25-11(23)4-10-12(24)21-13(26-10)22-20-5-6-2-7(14(17,18)19)9(16)3-8(6)15/h2-5H,1H3,(H,21,22,24)/b10-4+,20-5?. The minimum absolute atomic E-state index is 0.0434. The van der Waals surface area contributed by atoms with Gasteiger partial charge in [-0.2, -0.15) is 18.3 Å². The fraction of sp³-hybridized carbons (Fsp3) is 0.143. The quantitative estimate of drug-likeness (QED) is 0.282. The molecule has 1 aromatic carbocycles. The van der Waals surface area contributed by atoms with E-state index in [9.17, 15) is 31.5 Å². The average Bonchev–Trinajstić information content (AvgIpc) is 2.87. The SMILES string of the molecule is COC(=O)/C=C1/S/C(=N\N=Cc2cc(C(F)(F)F)c(F)cc2F)NC1=O. The Morgan fingerprint density at radius 1 is 1.27 bits per heavy atom. The van der Waals surface area contributed by atoms with Gasteiger partial charge in [-0.15, -0.1) is 5.10 Å². The lowest BCUT2D eigenvalue weighted by Crippen LogP contribution is -2.19. The minimum Gasteiger partial charge on any atom is -0.466 e. The van der Waals surface area contributed by atoms with Crippen LogP contribution in [0.1, 0.15) is 11.1 Å². The third-order valence-electron chi connectivity index (χ3n) is 2.84. The highest BCUT2D eigenvalue weighted by atomic mass is 32.2. The number of benzene rings is 1. The second kappa shape index (κ2) is 7.64. The number of amidine groups is 1. The number of nitrogens with one attached hydrogen (secondary N) is 1. The van der Waals surface area contributed by atoms with E-state index in [0.717, 1.165) is 13.2 Å². The van der Waals surface area contributed by atoms with Gasteiger partial charge in [0.25, 0.3) is 5.91 Å². The molecule has 0 aliphatic carbocycles. The van der Waals surface area contributed by atoms with Gasteiger partial charge >= 0.3 is 12.1 Å². The monoisotopic (exact) mass is 393 g/mol. The second-order valence-corrected chi connectivity index (χ2v) is 5.62. The Morgan fingerprint density at radius 3 is 2.58 bits per heavy atom. The molecule has 26 heavy (non-hydrogen) atoms. The Hall–Kier alpha value is -2.76. The van der Waals surface area contributed by atoms with E-state index in [4.69, 9.17) is 0 Å². The van der Waals surface area contributed by atoms with Crippen molar-refractivity contribution in [2.45, 2.75) is 6.18 Å². The van der Waals surface area contributed by atoms with Crippen molar-refractivity contribution < 1.29 is 36.3 Å². The van der Waals surface area contributed by atoms with Crippen molar-refractivity contribution in [3.63, 3.8) is 0 Å². The second-order valence-electron chi connectivity index (χ2n) is 4.59. The summed E-state index contributed by atoms with van der Waals surface area (Å²) in [4.78, 5) is 22.6. The molecule has 1 aliphatic heterocycles. The first-order chi connectivity index (χ1) is 12.1. The van der Waals surface area contributed by atoms with E-state index in [-0.39, 0.29) is 22.2 Å². The molecule has 1 fully saturated rings. The van der Waals surface area contributed by atoms with Crippen LogP contribution in [-0.4, -0.2) is 30.4 Å². The number of amides is 1. The number of halogens is 5. The zero-order valence-electron chi connectivity index (χ0n) is 12.7. The van der Waals surface area contributed by atoms with Crippen molar-refractivity contribution in [1.82, 2.24) is 5.32 Å². The Morgan fingerprint density at radius 2 is 1.96 bits per heavy atom. The highest BCUT2D eigenvalue weighted by Crippen LogP contribution is 2.32. The third kappa shape index (κ3) is 4.65. The normalized spacial score (nSPS) is 18.0. The molecule has 1 aliphatic rings. The van der Waals surface area contributed by atoms with Crippen LogP contribution in [0.3, 0.4) is 0 Å². The maximum Gasteiger partial charge on any atom is 0.419 e. The first-order valence-corrected chi connectivity index (χ1v) is 7.39. The molecule has 6 nitrogen and oxygen atoms in total. The summed E-state index contributed by atoms with van der Waals surface area (Å²) in [6.45, 7) is 0. The van der Waals surface area contributed by atoms with Crippen molar-refractivity contribution in [3.8, 4) is 0 Å². The molecule has 0 unspecified atom stereocenters. The molecule has 0 atom stereocenters. The number of methoxy groups -OCH3 is 1. The Kier molecular flexibility index (Phi) is 5.75. The summed E-state index contributed by atoms with van der Waals surface area (Å²) in [6.07, 6.45) is -3.47. The molecular formula is C14H8F5N3O3S.